The molecule has 0 radical (unpaired) electrons. The fraction of sp³-hybridized carbons (Fsp3) is 0.600. The Hall–Kier alpha value is -1.06. The van der Waals surface area contributed by atoms with Gasteiger partial charge in [0.1, 0.15) is 0 Å². The van der Waals surface area contributed by atoms with E-state index in [2.05, 4.69) is 48.2 Å². The van der Waals surface area contributed by atoms with Crippen LogP contribution in [0.25, 0.3) is 0 Å². The van der Waals surface area contributed by atoms with Crippen molar-refractivity contribution in [2.45, 2.75) is 25.3 Å². The van der Waals surface area contributed by atoms with Gasteiger partial charge in [-0.25, -0.2) is 0 Å². The van der Waals surface area contributed by atoms with E-state index in [1.807, 2.05) is 0 Å². The highest BCUT2D eigenvalue weighted by molar-refractivity contribution is 5.54. The van der Waals surface area contributed by atoms with E-state index < -0.39 is 0 Å². The number of para-hydroxylation sites is 1. The van der Waals surface area contributed by atoms with Crippen LogP contribution in [0.4, 0.5) is 5.69 Å². The molecule has 0 saturated carbocycles. The molecule has 0 aromatic heterocycles. The highest BCUT2D eigenvalue weighted by Crippen LogP contribution is 2.25. The third-order valence-electron chi connectivity index (χ3n) is 3.91. The second kappa shape index (κ2) is 6.21. The van der Waals surface area contributed by atoms with Gasteiger partial charge in [-0.1, -0.05) is 18.2 Å². The SMILES string of the molecule is CN(C)C1CCN(c2ccccc2CCO)CC1. The normalized spacial score (nSPS) is 17.4. The molecule has 2 rings (SSSR count). The van der Waals surface area contributed by atoms with Crippen molar-refractivity contribution in [3.05, 3.63) is 29.8 Å². The number of piperidine rings is 1. The number of hydrogen-bond acceptors (Lipinski definition) is 3. The lowest BCUT2D eigenvalue weighted by Crippen LogP contribution is -2.42. The minimum absolute atomic E-state index is 0.227. The lowest BCUT2D eigenvalue weighted by molar-refractivity contribution is 0.249. The average Bonchev–Trinajstić information content (AvgIpc) is 2.40. The van der Waals surface area contributed by atoms with Gasteiger partial charge in [0.15, 0.2) is 0 Å². The number of aliphatic hydroxyl groups excluding tert-OH is 1. The van der Waals surface area contributed by atoms with E-state index >= 15 is 0 Å². The topological polar surface area (TPSA) is 26.7 Å². The van der Waals surface area contributed by atoms with Crippen LogP contribution in [-0.4, -0.2) is 49.8 Å². The summed E-state index contributed by atoms with van der Waals surface area (Å²) < 4.78 is 0. The third-order valence-corrected chi connectivity index (χ3v) is 3.91. The van der Waals surface area contributed by atoms with Crippen molar-refractivity contribution in [3.8, 4) is 0 Å². The predicted molar refractivity (Wildman–Crippen MR) is 76.2 cm³/mol. The van der Waals surface area contributed by atoms with E-state index in [9.17, 15) is 0 Å². The molecule has 0 unspecified atom stereocenters. The molecular weight excluding hydrogens is 224 g/mol. The van der Waals surface area contributed by atoms with Crippen molar-refractivity contribution in [2.24, 2.45) is 0 Å². The summed E-state index contributed by atoms with van der Waals surface area (Å²) in [5.41, 5.74) is 2.58. The monoisotopic (exact) mass is 248 g/mol. The molecule has 18 heavy (non-hydrogen) atoms. The average molecular weight is 248 g/mol. The van der Waals surface area contributed by atoms with Crippen LogP contribution in [0.2, 0.25) is 0 Å². The van der Waals surface area contributed by atoms with E-state index in [1.165, 1.54) is 24.1 Å². The van der Waals surface area contributed by atoms with Crippen molar-refractivity contribution >= 4 is 5.69 Å². The van der Waals surface area contributed by atoms with Crippen LogP contribution in [0.15, 0.2) is 24.3 Å². The highest BCUT2D eigenvalue weighted by atomic mass is 16.2. The number of anilines is 1. The van der Waals surface area contributed by atoms with Gasteiger partial charge in [0.05, 0.1) is 0 Å². The Morgan fingerprint density at radius 2 is 1.89 bits per heavy atom. The number of aliphatic hydroxyl groups is 1. The first-order chi connectivity index (χ1) is 8.72. The summed E-state index contributed by atoms with van der Waals surface area (Å²) in [6.07, 6.45) is 3.20. The molecule has 1 saturated heterocycles. The second-order valence-corrected chi connectivity index (χ2v) is 5.28. The van der Waals surface area contributed by atoms with Crippen LogP contribution < -0.4 is 4.90 Å². The van der Waals surface area contributed by atoms with E-state index in [0.717, 1.165) is 19.5 Å². The Kier molecular flexibility index (Phi) is 4.61. The maximum atomic E-state index is 9.13. The summed E-state index contributed by atoms with van der Waals surface area (Å²) in [4.78, 5) is 4.79. The third kappa shape index (κ3) is 3.03. The summed E-state index contributed by atoms with van der Waals surface area (Å²) >= 11 is 0. The maximum Gasteiger partial charge on any atom is 0.0472 e. The largest absolute Gasteiger partial charge is 0.396 e. The van der Waals surface area contributed by atoms with E-state index in [-0.39, 0.29) is 6.61 Å². The first-order valence-corrected chi connectivity index (χ1v) is 6.82. The van der Waals surface area contributed by atoms with Gasteiger partial charge in [0.25, 0.3) is 0 Å². The van der Waals surface area contributed by atoms with Gasteiger partial charge < -0.3 is 14.9 Å². The second-order valence-electron chi connectivity index (χ2n) is 5.28. The van der Waals surface area contributed by atoms with E-state index in [4.69, 9.17) is 5.11 Å². The summed E-state index contributed by atoms with van der Waals surface area (Å²) in [5.74, 6) is 0. The summed E-state index contributed by atoms with van der Waals surface area (Å²) in [6.45, 7) is 2.46. The Labute approximate surface area is 110 Å². The fourth-order valence-electron chi connectivity index (χ4n) is 2.77. The van der Waals surface area contributed by atoms with Gasteiger partial charge in [-0.2, -0.15) is 0 Å². The molecule has 0 bridgehead atoms. The zero-order valence-electron chi connectivity index (χ0n) is 11.5. The van der Waals surface area contributed by atoms with E-state index in [0.29, 0.717) is 6.04 Å². The van der Waals surface area contributed by atoms with Gasteiger partial charge in [0, 0.05) is 31.4 Å². The van der Waals surface area contributed by atoms with Crippen molar-refractivity contribution in [2.75, 3.05) is 38.7 Å². The molecule has 0 amide bonds. The van der Waals surface area contributed by atoms with Crippen molar-refractivity contribution in [3.63, 3.8) is 0 Å². The molecule has 1 N–H and O–H groups in total. The summed E-state index contributed by atoms with van der Waals surface area (Å²) in [6, 6.07) is 9.17. The molecule has 100 valence electrons. The van der Waals surface area contributed by atoms with Crippen molar-refractivity contribution in [1.82, 2.24) is 4.90 Å². The summed E-state index contributed by atoms with van der Waals surface area (Å²) in [5, 5.41) is 9.13. The smallest absolute Gasteiger partial charge is 0.0472 e. The van der Waals surface area contributed by atoms with Gasteiger partial charge >= 0.3 is 0 Å². The van der Waals surface area contributed by atoms with Crippen LogP contribution in [0, 0.1) is 0 Å². The van der Waals surface area contributed by atoms with Gasteiger partial charge in [-0.05, 0) is 45.0 Å². The molecule has 0 atom stereocenters. The van der Waals surface area contributed by atoms with Gasteiger partial charge in [-0.15, -0.1) is 0 Å². The van der Waals surface area contributed by atoms with Gasteiger partial charge in [-0.3, -0.25) is 0 Å². The predicted octanol–water partition coefficient (Wildman–Crippen LogP) is 1.75. The quantitative estimate of drug-likeness (QED) is 0.879. The molecule has 1 aliphatic heterocycles. The minimum Gasteiger partial charge on any atom is -0.396 e. The molecule has 1 aromatic rings. The first kappa shape index (κ1) is 13.4. The van der Waals surface area contributed by atoms with Crippen LogP contribution in [0.1, 0.15) is 18.4 Å². The first-order valence-electron chi connectivity index (χ1n) is 6.82. The number of rotatable bonds is 4. The Morgan fingerprint density at radius 1 is 1.22 bits per heavy atom. The molecular formula is C15H24N2O. The summed E-state index contributed by atoms with van der Waals surface area (Å²) in [7, 11) is 4.33. The number of hydrogen-bond donors (Lipinski definition) is 1. The molecule has 1 aliphatic rings. The number of benzene rings is 1. The maximum absolute atomic E-state index is 9.13. The van der Waals surface area contributed by atoms with Crippen LogP contribution in [0.5, 0.6) is 0 Å². The lowest BCUT2D eigenvalue weighted by atomic mass is 10.0. The van der Waals surface area contributed by atoms with Crippen LogP contribution >= 0.6 is 0 Å². The molecule has 0 spiro atoms. The Bertz CT molecular complexity index is 371. The van der Waals surface area contributed by atoms with Crippen molar-refractivity contribution in [1.29, 1.82) is 0 Å². The zero-order valence-corrected chi connectivity index (χ0v) is 11.5. The fourth-order valence-corrected chi connectivity index (χ4v) is 2.77. The minimum atomic E-state index is 0.227. The number of nitrogens with zero attached hydrogens (tertiary/aromatic N) is 2. The molecule has 3 nitrogen and oxygen atoms in total. The molecule has 3 heteroatoms. The van der Waals surface area contributed by atoms with Crippen molar-refractivity contribution < 1.29 is 5.11 Å². The molecule has 1 heterocycles. The van der Waals surface area contributed by atoms with Crippen LogP contribution in [-0.2, 0) is 6.42 Å². The Balaban J connectivity index is 2.05. The van der Waals surface area contributed by atoms with E-state index in [1.54, 1.807) is 0 Å². The lowest BCUT2D eigenvalue weighted by Gasteiger charge is -2.37. The molecule has 1 aromatic carbocycles. The van der Waals surface area contributed by atoms with Gasteiger partial charge in [0.2, 0.25) is 0 Å². The molecule has 0 aliphatic carbocycles. The van der Waals surface area contributed by atoms with Crippen LogP contribution in [0.3, 0.4) is 0 Å². The standard InChI is InChI=1S/C15H24N2O/c1-16(2)14-7-10-17(11-8-14)15-6-4-3-5-13(15)9-12-18/h3-6,14,18H,7-12H2,1-2H3. The zero-order chi connectivity index (χ0) is 13.0. The molecule has 1 fully saturated rings. The highest BCUT2D eigenvalue weighted by Gasteiger charge is 2.21. The Morgan fingerprint density at radius 3 is 2.50 bits per heavy atom.